The first kappa shape index (κ1) is 15.4. The minimum absolute atomic E-state index is 0.133. The van der Waals surface area contributed by atoms with Gasteiger partial charge < -0.3 is 0 Å². The molecule has 0 saturated heterocycles. The third-order valence-corrected chi connectivity index (χ3v) is 5.58. The molecule has 0 spiro atoms. The predicted octanol–water partition coefficient (Wildman–Crippen LogP) is 2.80. The van der Waals surface area contributed by atoms with Crippen molar-refractivity contribution in [1.82, 2.24) is 9.13 Å². The number of fused-ring (bicyclic) bond motifs is 1. The van der Waals surface area contributed by atoms with E-state index in [1.165, 1.54) is 16.3 Å². The van der Waals surface area contributed by atoms with Gasteiger partial charge in [0.1, 0.15) is 0 Å². The van der Waals surface area contributed by atoms with Crippen molar-refractivity contribution in [2.75, 3.05) is 5.88 Å². The van der Waals surface area contributed by atoms with Crippen molar-refractivity contribution in [3.63, 3.8) is 0 Å². The summed E-state index contributed by atoms with van der Waals surface area (Å²) in [6, 6.07) is 9.54. The molecule has 0 saturated carbocycles. The Bertz CT molecular complexity index is 798. The molecule has 2 aromatic rings. The monoisotopic (exact) mass is 336 g/mol. The first-order chi connectivity index (χ1) is 10.7. The molecule has 0 amide bonds. The summed E-state index contributed by atoms with van der Waals surface area (Å²) in [5.41, 5.74) is 1.05. The summed E-state index contributed by atoms with van der Waals surface area (Å²) < 4.78 is 3.06. The lowest BCUT2D eigenvalue weighted by atomic mass is 10.1. The number of nitrogens with zero attached hydrogens (tertiary/aromatic N) is 2. The zero-order chi connectivity index (χ0) is 15.7. The smallest absolute Gasteiger partial charge is 0.286 e. The first-order valence-corrected chi connectivity index (χ1v) is 8.74. The van der Waals surface area contributed by atoms with Crippen molar-refractivity contribution < 1.29 is 0 Å². The van der Waals surface area contributed by atoms with Crippen molar-refractivity contribution in [2.24, 2.45) is 0 Å². The summed E-state index contributed by atoms with van der Waals surface area (Å²) in [7, 11) is 0. The van der Waals surface area contributed by atoms with Crippen LogP contribution in [0.2, 0.25) is 0 Å². The van der Waals surface area contributed by atoms with Crippen molar-refractivity contribution in [3.05, 3.63) is 51.2 Å². The Hall–Kier alpha value is -1.46. The predicted molar refractivity (Wildman–Crippen MR) is 91.1 cm³/mol. The van der Waals surface area contributed by atoms with Crippen LogP contribution in [0.5, 0.6) is 0 Å². The maximum atomic E-state index is 12.8. The molecule has 4 nitrogen and oxygen atoms in total. The molecule has 1 aromatic heterocycles. The van der Waals surface area contributed by atoms with Crippen LogP contribution in [0.1, 0.15) is 13.3 Å². The standard InChI is InChI=1S/C16H17ClN2O2S/c1-2-8-18-14(20)13(11-6-4-3-5-7-11)15-19(16(18)21)10-12(9-17)22-15/h3-7,12H,2,8-10H2,1H3. The molecule has 22 heavy (non-hydrogen) atoms. The molecule has 6 heteroatoms. The number of aromatic nitrogens is 2. The van der Waals surface area contributed by atoms with Crippen molar-refractivity contribution >= 4 is 23.4 Å². The third kappa shape index (κ3) is 2.52. The highest BCUT2D eigenvalue weighted by Gasteiger charge is 2.29. The van der Waals surface area contributed by atoms with Gasteiger partial charge in [-0.3, -0.25) is 13.9 Å². The molecule has 0 aliphatic carbocycles. The van der Waals surface area contributed by atoms with E-state index in [4.69, 9.17) is 11.6 Å². The van der Waals surface area contributed by atoms with Gasteiger partial charge in [0.2, 0.25) is 0 Å². The summed E-state index contributed by atoms with van der Waals surface area (Å²) in [4.78, 5) is 25.4. The molecule has 0 N–H and O–H groups in total. The Morgan fingerprint density at radius 3 is 2.64 bits per heavy atom. The van der Waals surface area contributed by atoms with Gasteiger partial charge >= 0.3 is 5.69 Å². The topological polar surface area (TPSA) is 44.0 Å². The normalized spacial score (nSPS) is 16.7. The molecule has 1 atom stereocenters. The summed E-state index contributed by atoms with van der Waals surface area (Å²) in [5, 5.41) is 0.882. The molecule has 0 bridgehead atoms. The van der Waals surface area contributed by atoms with Gasteiger partial charge in [-0.25, -0.2) is 4.79 Å². The lowest BCUT2D eigenvalue weighted by Gasteiger charge is -2.13. The van der Waals surface area contributed by atoms with Gasteiger partial charge in [-0.15, -0.1) is 23.4 Å². The van der Waals surface area contributed by atoms with Crippen LogP contribution in [0.3, 0.4) is 0 Å². The second-order valence-corrected chi connectivity index (χ2v) is 6.89. The Morgan fingerprint density at radius 1 is 1.27 bits per heavy atom. The fraction of sp³-hybridized carbons (Fsp3) is 0.375. The van der Waals surface area contributed by atoms with Crippen LogP contribution in [-0.4, -0.2) is 20.3 Å². The zero-order valence-electron chi connectivity index (χ0n) is 12.3. The molecule has 0 fully saturated rings. The molecular weight excluding hydrogens is 320 g/mol. The molecular formula is C16H17ClN2O2S. The zero-order valence-corrected chi connectivity index (χ0v) is 13.9. The van der Waals surface area contributed by atoms with Gasteiger partial charge in [0, 0.05) is 24.2 Å². The highest BCUT2D eigenvalue weighted by Crippen LogP contribution is 2.36. The maximum absolute atomic E-state index is 12.8. The molecule has 1 aliphatic heterocycles. The number of alkyl halides is 1. The first-order valence-electron chi connectivity index (χ1n) is 7.33. The van der Waals surface area contributed by atoms with Crippen LogP contribution >= 0.6 is 23.4 Å². The van der Waals surface area contributed by atoms with E-state index in [0.29, 0.717) is 24.5 Å². The molecule has 3 rings (SSSR count). The molecule has 116 valence electrons. The number of benzene rings is 1. The van der Waals surface area contributed by atoms with Crippen LogP contribution < -0.4 is 11.2 Å². The number of hydrogen-bond acceptors (Lipinski definition) is 3. The third-order valence-electron chi connectivity index (χ3n) is 3.73. The molecule has 2 heterocycles. The number of hydrogen-bond donors (Lipinski definition) is 0. The fourth-order valence-corrected chi connectivity index (χ4v) is 4.21. The SMILES string of the molecule is CCCn1c(=O)c(-c2ccccc2)c2n(c1=O)CC(CCl)S2. The highest BCUT2D eigenvalue weighted by molar-refractivity contribution is 8.00. The number of rotatable bonds is 4. The van der Waals surface area contributed by atoms with Crippen LogP contribution in [0.25, 0.3) is 11.1 Å². The van der Waals surface area contributed by atoms with Gasteiger partial charge in [0.05, 0.1) is 10.6 Å². The van der Waals surface area contributed by atoms with E-state index in [9.17, 15) is 9.59 Å². The van der Waals surface area contributed by atoms with Crippen LogP contribution in [0.4, 0.5) is 0 Å². The van der Waals surface area contributed by atoms with E-state index in [1.807, 2.05) is 37.3 Å². The molecule has 0 radical (unpaired) electrons. The number of halogens is 1. The quantitative estimate of drug-likeness (QED) is 0.637. The van der Waals surface area contributed by atoms with Crippen LogP contribution in [0.15, 0.2) is 44.9 Å². The largest absolute Gasteiger partial charge is 0.331 e. The Morgan fingerprint density at radius 2 is 2.00 bits per heavy atom. The van der Waals surface area contributed by atoms with Crippen molar-refractivity contribution in [2.45, 2.75) is 36.7 Å². The average Bonchev–Trinajstić information content (AvgIpc) is 2.97. The minimum atomic E-state index is -0.221. The minimum Gasteiger partial charge on any atom is -0.286 e. The van der Waals surface area contributed by atoms with E-state index in [2.05, 4.69) is 0 Å². The Balaban J connectivity index is 2.30. The van der Waals surface area contributed by atoms with Crippen molar-refractivity contribution in [1.29, 1.82) is 0 Å². The van der Waals surface area contributed by atoms with E-state index < -0.39 is 0 Å². The van der Waals surface area contributed by atoms with Gasteiger partial charge in [-0.1, -0.05) is 37.3 Å². The summed E-state index contributed by atoms with van der Waals surface area (Å²) in [6.45, 7) is 2.96. The molecule has 1 aromatic carbocycles. The van der Waals surface area contributed by atoms with Crippen LogP contribution in [0, 0.1) is 0 Å². The van der Waals surface area contributed by atoms with Crippen molar-refractivity contribution in [3.8, 4) is 11.1 Å². The molecule has 1 aliphatic rings. The lowest BCUT2D eigenvalue weighted by Crippen LogP contribution is -2.40. The van der Waals surface area contributed by atoms with Crippen LogP contribution in [-0.2, 0) is 13.1 Å². The summed E-state index contributed by atoms with van der Waals surface area (Å²) in [5.74, 6) is 0.460. The number of thioether (sulfide) groups is 1. The average molecular weight is 337 g/mol. The van der Waals surface area contributed by atoms with E-state index in [-0.39, 0.29) is 16.5 Å². The second-order valence-electron chi connectivity index (χ2n) is 5.29. The van der Waals surface area contributed by atoms with Gasteiger partial charge in [-0.05, 0) is 12.0 Å². The summed E-state index contributed by atoms with van der Waals surface area (Å²) in [6.07, 6.45) is 0.745. The van der Waals surface area contributed by atoms with E-state index >= 15 is 0 Å². The fourth-order valence-electron chi connectivity index (χ4n) is 2.72. The van der Waals surface area contributed by atoms with E-state index in [0.717, 1.165) is 17.0 Å². The molecule has 1 unspecified atom stereocenters. The second kappa shape index (κ2) is 6.34. The Kier molecular flexibility index (Phi) is 4.45. The van der Waals surface area contributed by atoms with Gasteiger partial charge in [0.25, 0.3) is 5.56 Å². The lowest BCUT2D eigenvalue weighted by molar-refractivity contribution is 0.531. The Labute approximate surface area is 137 Å². The summed E-state index contributed by atoms with van der Waals surface area (Å²) >= 11 is 7.50. The van der Waals surface area contributed by atoms with E-state index in [1.54, 1.807) is 4.57 Å². The van der Waals surface area contributed by atoms with Gasteiger partial charge in [0.15, 0.2) is 0 Å². The van der Waals surface area contributed by atoms with Gasteiger partial charge in [-0.2, -0.15) is 0 Å². The highest BCUT2D eigenvalue weighted by atomic mass is 35.5. The maximum Gasteiger partial charge on any atom is 0.331 e.